The van der Waals surface area contributed by atoms with Crippen LogP contribution in [0, 0.1) is 16.0 Å². The van der Waals surface area contributed by atoms with Crippen molar-refractivity contribution >= 4 is 12.2 Å². The van der Waals surface area contributed by atoms with Crippen molar-refractivity contribution in [2.45, 2.75) is 52.2 Å². The van der Waals surface area contributed by atoms with E-state index in [2.05, 4.69) is 10.1 Å². The molecule has 0 aliphatic carbocycles. The SMILES string of the molecule is CC(C)(C)[C@H](O)[C@@H](CCCCOc1ccccc1F)n1[nH]cnc1=S. The molecule has 1 aromatic heterocycles. The van der Waals surface area contributed by atoms with Gasteiger partial charge in [-0.2, -0.15) is 0 Å². The van der Waals surface area contributed by atoms with Crippen LogP contribution in [-0.4, -0.2) is 32.6 Å². The van der Waals surface area contributed by atoms with Gasteiger partial charge in [0.15, 0.2) is 11.6 Å². The summed E-state index contributed by atoms with van der Waals surface area (Å²) in [6, 6.07) is 6.18. The van der Waals surface area contributed by atoms with Gasteiger partial charge in [0.2, 0.25) is 4.77 Å². The smallest absolute Gasteiger partial charge is 0.216 e. The predicted molar refractivity (Wildman–Crippen MR) is 97.7 cm³/mol. The molecule has 2 N–H and O–H groups in total. The third kappa shape index (κ3) is 5.37. The summed E-state index contributed by atoms with van der Waals surface area (Å²) in [5, 5.41) is 13.7. The molecule has 138 valence electrons. The van der Waals surface area contributed by atoms with Gasteiger partial charge in [0.25, 0.3) is 0 Å². The van der Waals surface area contributed by atoms with Gasteiger partial charge in [-0.1, -0.05) is 32.9 Å². The van der Waals surface area contributed by atoms with E-state index in [0.717, 1.165) is 19.3 Å². The van der Waals surface area contributed by atoms with Gasteiger partial charge in [0, 0.05) is 0 Å². The van der Waals surface area contributed by atoms with E-state index in [1.54, 1.807) is 22.9 Å². The molecule has 25 heavy (non-hydrogen) atoms. The van der Waals surface area contributed by atoms with Crippen LogP contribution in [0.5, 0.6) is 5.75 Å². The summed E-state index contributed by atoms with van der Waals surface area (Å²) in [6.45, 7) is 6.40. The van der Waals surface area contributed by atoms with Crippen molar-refractivity contribution in [1.82, 2.24) is 14.8 Å². The maximum atomic E-state index is 13.5. The number of aromatic amines is 1. The van der Waals surface area contributed by atoms with E-state index in [0.29, 0.717) is 11.4 Å². The fourth-order valence-corrected chi connectivity index (χ4v) is 2.95. The normalized spacial score (nSPS) is 14.3. The molecule has 0 radical (unpaired) electrons. The molecule has 5 nitrogen and oxygen atoms in total. The number of hydrogen-bond acceptors (Lipinski definition) is 4. The van der Waals surface area contributed by atoms with Crippen molar-refractivity contribution in [3.63, 3.8) is 0 Å². The minimum atomic E-state index is -0.577. The molecule has 1 aromatic carbocycles. The fourth-order valence-electron chi connectivity index (χ4n) is 2.71. The monoisotopic (exact) mass is 367 g/mol. The summed E-state index contributed by atoms with van der Waals surface area (Å²) in [5.41, 5.74) is -0.284. The molecule has 0 aliphatic heterocycles. The molecule has 2 aromatic rings. The van der Waals surface area contributed by atoms with E-state index in [4.69, 9.17) is 17.0 Å². The van der Waals surface area contributed by atoms with Crippen molar-refractivity contribution in [1.29, 1.82) is 0 Å². The summed E-state index contributed by atoms with van der Waals surface area (Å²) >= 11 is 5.23. The Labute approximate surface area is 152 Å². The van der Waals surface area contributed by atoms with Crippen LogP contribution in [0.25, 0.3) is 0 Å². The van der Waals surface area contributed by atoms with Crippen LogP contribution in [0.3, 0.4) is 0 Å². The Kier molecular flexibility index (Phi) is 6.72. The number of aromatic nitrogens is 3. The van der Waals surface area contributed by atoms with Gasteiger partial charge < -0.3 is 9.84 Å². The number of aliphatic hydroxyl groups excluding tert-OH is 1. The van der Waals surface area contributed by atoms with Crippen molar-refractivity contribution in [2.24, 2.45) is 5.41 Å². The Morgan fingerprint density at radius 2 is 2.04 bits per heavy atom. The molecule has 1 heterocycles. The predicted octanol–water partition coefficient (Wildman–Crippen LogP) is 4.28. The molecular formula is C18H26FN3O2S. The molecule has 2 rings (SSSR count). The summed E-state index contributed by atoms with van der Waals surface area (Å²) < 4.78 is 21.2. The number of halogens is 1. The number of para-hydroxylation sites is 1. The van der Waals surface area contributed by atoms with Crippen LogP contribution >= 0.6 is 12.2 Å². The van der Waals surface area contributed by atoms with Crippen LogP contribution in [0.1, 0.15) is 46.1 Å². The molecule has 0 bridgehead atoms. The lowest BCUT2D eigenvalue weighted by molar-refractivity contribution is 0.00773. The third-order valence-corrected chi connectivity index (χ3v) is 4.45. The number of hydrogen-bond donors (Lipinski definition) is 2. The van der Waals surface area contributed by atoms with E-state index in [1.807, 2.05) is 20.8 Å². The van der Waals surface area contributed by atoms with Gasteiger partial charge in [-0.25, -0.2) is 9.37 Å². The highest BCUT2D eigenvalue weighted by Crippen LogP contribution is 2.31. The average molecular weight is 367 g/mol. The van der Waals surface area contributed by atoms with Gasteiger partial charge >= 0.3 is 0 Å². The fraction of sp³-hybridized carbons (Fsp3) is 0.556. The number of rotatable bonds is 8. The van der Waals surface area contributed by atoms with Gasteiger partial charge in [0.1, 0.15) is 6.33 Å². The zero-order valence-electron chi connectivity index (χ0n) is 14.9. The average Bonchev–Trinajstić information content (AvgIpc) is 2.97. The second-order valence-electron chi connectivity index (χ2n) is 7.19. The van der Waals surface area contributed by atoms with Gasteiger partial charge in [-0.05, 0) is 49.0 Å². The molecule has 7 heteroatoms. The maximum absolute atomic E-state index is 13.5. The lowest BCUT2D eigenvalue weighted by Crippen LogP contribution is -2.36. The Hall–Kier alpha value is -1.73. The van der Waals surface area contributed by atoms with Crippen LogP contribution in [-0.2, 0) is 0 Å². The van der Waals surface area contributed by atoms with E-state index >= 15 is 0 Å². The molecule has 0 spiro atoms. The Morgan fingerprint density at radius 3 is 2.64 bits per heavy atom. The molecule has 0 amide bonds. The lowest BCUT2D eigenvalue weighted by Gasteiger charge is -2.33. The number of ether oxygens (including phenoxy) is 1. The molecule has 0 saturated heterocycles. The Bertz CT molecular complexity index is 723. The molecular weight excluding hydrogens is 341 g/mol. The standard InChI is InChI=1S/C18H26FN3O2S/c1-18(2,3)16(23)14(22-17(25)20-12-21-22)9-6-7-11-24-15-10-5-4-8-13(15)19/h4-5,8,10,12,14,16,23H,6-7,9,11H2,1-3H3,(H,20,21,25)/t14-,16-/m1/s1. The molecule has 0 aliphatic rings. The minimum absolute atomic E-state index is 0.191. The number of nitrogens with one attached hydrogen (secondary N) is 1. The van der Waals surface area contributed by atoms with Crippen LogP contribution in [0.15, 0.2) is 30.6 Å². The number of H-pyrrole nitrogens is 1. The van der Waals surface area contributed by atoms with Crippen LogP contribution < -0.4 is 4.74 Å². The zero-order valence-corrected chi connectivity index (χ0v) is 15.7. The summed E-state index contributed by atoms with van der Waals surface area (Å²) in [6.07, 6.45) is 3.24. The first-order chi connectivity index (χ1) is 11.8. The molecule has 0 unspecified atom stereocenters. The highest BCUT2D eigenvalue weighted by Gasteiger charge is 2.32. The molecule has 0 saturated carbocycles. The third-order valence-electron chi connectivity index (χ3n) is 4.15. The lowest BCUT2D eigenvalue weighted by atomic mass is 9.83. The largest absolute Gasteiger partial charge is 0.491 e. The Morgan fingerprint density at radius 1 is 1.32 bits per heavy atom. The van der Waals surface area contributed by atoms with Crippen molar-refractivity contribution < 1.29 is 14.2 Å². The minimum Gasteiger partial charge on any atom is -0.491 e. The maximum Gasteiger partial charge on any atom is 0.216 e. The number of aliphatic hydroxyl groups is 1. The van der Waals surface area contributed by atoms with Crippen molar-refractivity contribution in [2.75, 3.05) is 6.61 Å². The number of unbranched alkanes of at least 4 members (excludes halogenated alkanes) is 1. The van der Waals surface area contributed by atoms with Gasteiger partial charge in [-0.15, -0.1) is 0 Å². The van der Waals surface area contributed by atoms with Gasteiger partial charge in [0.05, 0.1) is 18.8 Å². The van der Waals surface area contributed by atoms with Gasteiger partial charge in [-0.3, -0.25) is 9.78 Å². The van der Waals surface area contributed by atoms with Crippen molar-refractivity contribution in [3.05, 3.63) is 41.2 Å². The van der Waals surface area contributed by atoms with E-state index in [9.17, 15) is 9.50 Å². The second-order valence-corrected chi connectivity index (χ2v) is 7.56. The van der Waals surface area contributed by atoms with Crippen LogP contribution in [0.4, 0.5) is 4.39 Å². The van der Waals surface area contributed by atoms with E-state index in [-0.39, 0.29) is 23.0 Å². The number of nitrogens with zero attached hydrogens (tertiary/aromatic N) is 2. The summed E-state index contributed by atoms with van der Waals surface area (Å²) in [4.78, 5) is 4.04. The first-order valence-electron chi connectivity index (χ1n) is 8.48. The Balaban J connectivity index is 1.91. The first-order valence-corrected chi connectivity index (χ1v) is 8.89. The zero-order chi connectivity index (χ0) is 18.4. The van der Waals surface area contributed by atoms with Crippen molar-refractivity contribution in [3.8, 4) is 5.75 Å². The quantitative estimate of drug-likeness (QED) is 0.540. The molecule has 0 fully saturated rings. The van der Waals surface area contributed by atoms with Crippen LogP contribution in [0.2, 0.25) is 0 Å². The highest BCUT2D eigenvalue weighted by atomic mass is 32.1. The van der Waals surface area contributed by atoms with E-state index in [1.165, 1.54) is 12.4 Å². The topological polar surface area (TPSA) is 63.1 Å². The second kappa shape index (κ2) is 8.58. The first kappa shape index (κ1) is 19.6. The summed E-state index contributed by atoms with van der Waals surface area (Å²) in [7, 11) is 0. The summed E-state index contributed by atoms with van der Waals surface area (Å²) in [5.74, 6) is -0.0862. The highest BCUT2D eigenvalue weighted by molar-refractivity contribution is 7.71. The number of benzene rings is 1. The van der Waals surface area contributed by atoms with E-state index < -0.39 is 6.10 Å². The molecule has 2 atom stereocenters.